The first kappa shape index (κ1) is 13.4. The summed E-state index contributed by atoms with van der Waals surface area (Å²) >= 11 is 0. The summed E-state index contributed by atoms with van der Waals surface area (Å²) < 4.78 is 0. The molecule has 4 aliphatic carbocycles. The molecule has 0 amide bonds. The van der Waals surface area contributed by atoms with Gasteiger partial charge in [-0.05, 0) is 80.0 Å². The minimum Gasteiger partial charge on any atom is -0.393 e. The van der Waals surface area contributed by atoms with Crippen LogP contribution in [0.3, 0.4) is 0 Å². The molecule has 112 valence electrons. The molecule has 3 fully saturated rings. The summed E-state index contributed by atoms with van der Waals surface area (Å²) in [6.45, 7) is 5.10. The third-order valence-corrected chi connectivity index (χ3v) is 7.86. The normalized spacial score (nSPS) is 54.6. The van der Waals surface area contributed by atoms with Crippen LogP contribution in [0.1, 0.15) is 71.6 Å². The van der Waals surface area contributed by atoms with Crippen LogP contribution in [-0.2, 0) is 0 Å². The van der Waals surface area contributed by atoms with Crippen molar-refractivity contribution >= 4 is 0 Å². The molecule has 0 unspecified atom stereocenters. The summed E-state index contributed by atoms with van der Waals surface area (Å²) in [5, 5.41) is 10.0. The van der Waals surface area contributed by atoms with Gasteiger partial charge in [0, 0.05) is 0 Å². The second-order valence-electron chi connectivity index (χ2n) is 8.74. The zero-order chi connectivity index (χ0) is 14.0. The van der Waals surface area contributed by atoms with E-state index in [1.807, 2.05) is 0 Å². The van der Waals surface area contributed by atoms with Crippen LogP contribution in [0.25, 0.3) is 0 Å². The van der Waals surface area contributed by atoms with Crippen molar-refractivity contribution in [1.29, 1.82) is 0 Å². The third-order valence-electron chi connectivity index (χ3n) is 7.86. The van der Waals surface area contributed by atoms with E-state index in [0.717, 1.165) is 30.6 Å². The standard InChI is InChI=1S/C19H30O/c1-18-9-3-4-16(18)15-6-5-13-12-14(20)7-11-19(13,2)17(15)8-10-18/h5,14-17,20H,3-4,6-12H2,1-2H3/t14-,15+,16-,17+,18-,19-/m0/s1. The Morgan fingerprint density at radius 3 is 2.75 bits per heavy atom. The molecule has 1 nitrogen and oxygen atoms in total. The van der Waals surface area contributed by atoms with Crippen molar-refractivity contribution in [1.82, 2.24) is 0 Å². The fourth-order valence-corrected chi connectivity index (χ4v) is 6.63. The van der Waals surface area contributed by atoms with Crippen LogP contribution in [0.2, 0.25) is 0 Å². The third kappa shape index (κ3) is 1.71. The molecule has 0 aromatic carbocycles. The molecule has 20 heavy (non-hydrogen) atoms. The van der Waals surface area contributed by atoms with Crippen molar-refractivity contribution in [2.24, 2.45) is 28.6 Å². The largest absolute Gasteiger partial charge is 0.393 e. The van der Waals surface area contributed by atoms with Gasteiger partial charge in [-0.3, -0.25) is 0 Å². The van der Waals surface area contributed by atoms with E-state index in [1.54, 1.807) is 5.57 Å². The molecule has 0 bridgehead atoms. The Balaban J connectivity index is 1.68. The Kier molecular flexibility index (Phi) is 2.91. The van der Waals surface area contributed by atoms with Gasteiger partial charge in [-0.2, -0.15) is 0 Å². The first-order chi connectivity index (χ1) is 9.53. The maximum atomic E-state index is 10.0. The summed E-state index contributed by atoms with van der Waals surface area (Å²) in [6, 6.07) is 0. The van der Waals surface area contributed by atoms with Gasteiger partial charge in [-0.25, -0.2) is 0 Å². The van der Waals surface area contributed by atoms with Gasteiger partial charge in [0.1, 0.15) is 0 Å². The molecule has 4 rings (SSSR count). The van der Waals surface area contributed by atoms with E-state index in [4.69, 9.17) is 0 Å². The summed E-state index contributed by atoms with van der Waals surface area (Å²) in [7, 11) is 0. The van der Waals surface area contributed by atoms with Crippen LogP contribution in [0.15, 0.2) is 11.6 Å². The van der Waals surface area contributed by atoms with Crippen molar-refractivity contribution in [2.45, 2.75) is 77.7 Å². The molecule has 0 radical (unpaired) electrons. The van der Waals surface area contributed by atoms with Crippen molar-refractivity contribution in [3.8, 4) is 0 Å². The van der Waals surface area contributed by atoms with Gasteiger partial charge in [-0.1, -0.05) is 31.9 Å². The average Bonchev–Trinajstić information content (AvgIpc) is 2.81. The molecular formula is C19H30O. The molecule has 1 N–H and O–H groups in total. The predicted octanol–water partition coefficient (Wildman–Crippen LogP) is 4.70. The number of aliphatic hydroxyl groups excluding tert-OH is 1. The van der Waals surface area contributed by atoms with Crippen LogP contribution in [-0.4, -0.2) is 11.2 Å². The smallest absolute Gasteiger partial charge is 0.0577 e. The van der Waals surface area contributed by atoms with Crippen LogP contribution in [0, 0.1) is 28.6 Å². The van der Waals surface area contributed by atoms with E-state index in [1.165, 1.54) is 44.9 Å². The van der Waals surface area contributed by atoms with Gasteiger partial charge >= 0.3 is 0 Å². The van der Waals surface area contributed by atoms with Gasteiger partial charge < -0.3 is 5.11 Å². The van der Waals surface area contributed by atoms with Crippen LogP contribution in [0.5, 0.6) is 0 Å². The van der Waals surface area contributed by atoms with Crippen LogP contribution >= 0.6 is 0 Å². The quantitative estimate of drug-likeness (QED) is 0.635. The second-order valence-corrected chi connectivity index (χ2v) is 8.74. The first-order valence-corrected chi connectivity index (χ1v) is 8.90. The number of aliphatic hydroxyl groups is 1. The van der Waals surface area contributed by atoms with E-state index in [9.17, 15) is 5.11 Å². The Morgan fingerprint density at radius 1 is 1.05 bits per heavy atom. The summed E-state index contributed by atoms with van der Waals surface area (Å²) in [5.41, 5.74) is 2.70. The highest BCUT2D eigenvalue weighted by Gasteiger charge is 2.55. The SMILES string of the molecule is C[C@@]12CCC[C@H]1[C@H]1CC=C3C[C@@H](O)CC[C@]3(C)[C@@H]1CC2. The molecule has 6 atom stereocenters. The lowest BCUT2D eigenvalue weighted by Gasteiger charge is -2.57. The Morgan fingerprint density at radius 2 is 1.90 bits per heavy atom. The lowest BCUT2D eigenvalue weighted by molar-refractivity contribution is -0.0360. The molecule has 3 saturated carbocycles. The van der Waals surface area contributed by atoms with E-state index >= 15 is 0 Å². The van der Waals surface area contributed by atoms with Gasteiger partial charge in [0.15, 0.2) is 0 Å². The van der Waals surface area contributed by atoms with Gasteiger partial charge in [0.2, 0.25) is 0 Å². The van der Waals surface area contributed by atoms with Crippen molar-refractivity contribution < 1.29 is 5.11 Å². The predicted molar refractivity (Wildman–Crippen MR) is 82.3 cm³/mol. The Hall–Kier alpha value is -0.300. The Bertz CT molecular complexity index is 439. The van der Waals surface area contributed by atoms with Gasteiger partial charge in [-0.15, -0.1) is 0 Å². The zero-order valence-electron chi connectivity index (χ0n) is 13.2. The number of hydrogen-bond acceptors (Lipinski definition) is 1. The van der Waals surface area contributed by atoms with Crippen molar-refractivity contribution in [3.63, 3.8) is 0 Å². The molecule has 0 aromatic heterocycles. The van der Waals surface area contributed by atoms with E-state index in [-0.39, 0.29) is 6.10 Å². The zero-order valence-corrected chi connectivity index (χ0v) is 13.2. The maximum Gasteiger partial charge on any atom is 0.0577 e. The maximum absolute atomic E-state index is 10.0. The molecule has 0 aliphatic heterocycles. The fourth-order valence-electron chi connectivity index (χ4n) is 6.63. The lowest BCUT2D eigenvalue weighted by Crippen LogP contribution is -2.49. The van der Waals surface area contributed by atoms with Crippen LogP contribution in [0.4, 0.5) is 0 Å². The highest BCUT2D eigenvalue weighted by atomic mass is 16.3. The van der Waals surface area contributed by atoms with Crippen molar-refractivity contribution in [3.05, 3.63) is 11.6 Å². The summed E-state index contributed by atoms with van der Waals surface area (Å²) in [4.78, 5) is 0. The van der Waals surface area contributed by atoms with Crippen LogP contribution < -0.4 is 0 Å². The van der Waals surface area contributed by atoms with E-state index in [0.29, 0.717) is 10.8 Å². The highest BCUT2D eigenvalue weighted by Crippen LogP contribution is 2.64. The molecule has 0 heterocycles. The average molecular weight is 274 g/mol. The van der Waals surface area contributed by atoms with E-state index < -0.39 is 0 Å². The molecular weight excluding hydrogens is 244 g/mol. The number of hydrogen-bond donors (Lipinski definition) is 1. The highest BCUT2D eigenvalue weighted by molar-refractivity contribution is 5.25. The van der Waals surface area contributed by atoms with E-state index in [2.05, 4.69) is 19.9 Å². The summed E-state index contributed by atoms with van der Waals surface area (Å²) in [6.07, 6.45) is 14.3. The molecule has 4 aliphatic rings. The van der Waals surface area contributed by atoms with Crippen molar-refractivity contribution in [2.75, 3.05) is 0 Å². The van der Waals surface area contributed by atoms with Gasteiger partial charge in [0.25, 0.3) is 0 Å². The topological polar surface area (TPSA) is 20.2 Å². The molecule has 0 saturated heterocycles. The number of allylic oxidation sites excluding steroid dienone is 1. The fraction of sp³-hybridized carbons (Fsp3) is 0.895. The van der Waals surface area contributed by atoms with Gasteiger partial charge in [0.05, 0.1) is 6.10 Å². The lowest BCUT2D eigenvalue weighted by atomic mass is 9.48. The Labute approximate surface area is 123 Å². The minimum atomic E-state index is -0.0637. The second kappa shape index (κ2) is 4.35. The minimum absolute atomic E-state index is 0.0637. The monoisotopic (exact) mass is 274 g/mol. The number of rotatable bonds is 0. The first-order valence-electron chi connectivity index (χ1n) is 8.90. The molecule has 0 spiro atoms. The summed E-state index contributed by atoms with van der Waals surface area (Å²) in [5.74, 6) is 2.84. The number of fused-ring (bicyclic) bond motifs is 5. The molecule has 0 aromatic rings. The molecule has 1 heteroatoms.